The number of benzene rings is 2. The van der Waals surface area contributed by atoms with Crippen molar-refractivity contribution in [1.82, 2.24) is 20.6 Å². The molecule has 2 amide bonds. The van der Waals surface area contributed by atoms with Gasteiger partial charge in [0.05, 0.1) is 5.39 Å². The van der Waals surface area contributed by atoms with Gasteiger partial charge in [-0.3, -0.25) is 25.2 Å². The molecule has 2 aromatic carbocycles. The van der Waals surface area contributed by atoms with E-state index in [0.717, 1.165) is 6.07 Å². The first-order valence-electron chi connectivity index (χ1n) is 8.47. The summed E-state index contributed by atoms with van der Waals surface area (Å²) >= 11 is 0. The van der Waals surface area contributed by atoms with E-state index < -0.39 is 24.2 Å². The van der Waals surface area contributed by atoms with Crippen molar-refractivity contribution < 1.29 is 18.7 Å². The summed E-state index contributed by atoms with van der Waals surface area (Å²) in [4.78, 5) is 36.6. The summed E-state index contributed by atoms with van der Waals surface area (Å²) in [6, 6.07) is 11.9. The minimum absolute atomic E-state index is 0.00315. The van der Waals surface area contributed by atoms with Crippen LogP contribution in [0.2, 0.25) is 0 Å². The SMILES string of the molecule is CCn1nc(C(=O)NNC(=O)COc2cccc(F)c2)c2ccccc2c1=O. The summed E-state index contributed by atoms with van der Waals surface area (Å²) in [6.07, 6.45) is 0. The van der Waals surface area contributed by atoms with Crippen molar-refractivity contribution in [2.45, 2.75) is 13.5 Å². The van der Waals surface area contributed by atoms with E-state index >= 15 is 0 Å². The number of aromatic nitrogens is 2. The largest absolute Gasteiger partial charge is 0.484 e. The molecule has 144 valence electrons. The smallest absolute Gasteiger partial charge is 0.290 e. The summed E-state index contributed by atoms with van der Waals surface area (Å²) in [5, 5.41) is 4.80. The number of hydrogen-bond donors (Lipinski definition) is 2. The molecule has 0 bridgehead atoms. The van der Waals surface area contributed by atoms with Crippen LogP contribution in [0.5, 0.6) is 5.75 Å². The number of hydrazine groups is 1. The molecule has 0 aliphatic heterocycles. The number of amides is 2. The second-order valence-electron chi connectivity index (χ2n) is 5.76. The number of ether oxygens (including phenoxy) is 1. The molecule has 0 spiro atoms. The lowest BCUT2D eigenvalue weighted by atomic mass is 10.1. The number of rotatable bonds is 5. The zero-order chi connectivity index (χ0) is 20.1. The van der Waals surface area contributed by atoms with Crippen LogP contribution in [-0.4, -0.2) is 28.2 Å². The fraction of sp³-hybridized carbons (Fsp3) is 0.158. The molecule has 0 unspecified atom stereocenters. The second kappa shape index (κ2) is 8.30. The topological polar surface area (TPSA) is 102 Å². The monoisotopic (exact) mass is 384 g/mol. The summed E-state index contributed by atoms with van der Waals surface area (Å²) in [6.45, 7) is 1.60. The molecule has 1 aromatic heterocycles. The molecule has 0 saturated heterocycles. The minimum atomic E-state index is -0.683. The Morgan fingerprint density at radius 3 is 2.57 bits per heavy atom. The Balaban J connectivity index is 1.69. The van der Waals surface area contributed by atoms with E-state index in [2.05, 4.69) is 16.0 Å². The van der Waals surface area contributed by atoms with Gasteiger partial charge >= 0.3 is 0 Å². The molecule has 1 heterocycles. The van der Waals surface area contributed by atoms with Crippen molar-refractivity contribution in [3.05, 3.63) is 70.4 Å². The third-order valence-corrected chi connectivity index (χ3v) is 3.86. The molecule has 0 aliphatic rings. The van der Waals surface area contributed by atoms with E-state index in [9.17, 15) is 18.8 Å². The predicted octanol–water partition coefficient (Wildman–Crippen LogP) is 1.40. The van der Waals surface area contributed by atoms with Crippen molar-refractivity contribution >= 4 is 22.6 Å². The molecule has 3 rings (SSSR count). The molecular weight excluding hydrogens is 367 g/mol. The Bertz CT molecular complexity index is 1100. The first kappa shape index (κ1) is 19.0. The Morgan fingerprint density at radius 1 is 1.11 bits per heavy atom. The number of carbonyl (C=O) groups is 2. The van der Waals surface area contributed by atoms with E-state index in [1.807, 2.05) is 0 Å². The lowest BCUT2D eigenvalue weighted by Gasteiger charge is -2.11. The number of carbonyl (C=O) groups excluding carboxylic acids is 2. The highest BCUT2D eigenvalue weighted by Crippen LogP contribution is 2.13. The highest BCUT2D eigenvalue weighted by Gasteiger charge is 2.16. The summed E-state index contributed by atoms with van der Waals surface area (Å²) in [5.74, 6) is -1.64. The fourth-order valence-corrected chi connectivity index (χ4v) is 2.54. The number of aryl methyl sites for hydroxylation is 1. The summed E-state index contributed by atoms with van der Waals surface area (Å²) in [5.41, 5.74) is 4.14. The van der Waals surface area contributed by atoms with Crippen LogP contribution in [0.25, 0.3) is 10.8 Å². The van der Waals surface area contributed by atoms with Crippen LogP contribution in [-0.2, 0) is 11.3 Å². The first-order chi connectivity index (χ1) is 13.5. The van der Waals surface area contributed by atoms with Crippen molar-refractivity contribution in [3.63, 3.8) is 0 Å². The third-order valence-electron chi connectivity index (χ3n) is 3.86. The van der Waals surface area contributed by atoms with Crippen molar-refractivity contribution in [2.75, 3.05) is 6.61 Å². The van der Waals surface area contributed by atoms with E-state index in [0.29, 0.717) is 10.8 Å². The number of fused-ring (bicyclic) bond motifs is 1. The molecule has 2 N–H and O–H groups in total. The molecule has 0 fully saturated rings. The lowest BCUT2D eigenvalue weighted by Crippen LogP contribution is -2.44. The Kier molecular flexibility index (Phi) is 5.64. The van der Waals surface area contributed by atoms with E-state index in [1.54, 1.807) is 31.2 Å². The van der Waals surface area contributed by atoms with Gasteiger partial charge in [0.15, 0.2) is 12.3 Å². The van der Waals surface area contributed by atoms with Crippen molar-refractivity contribution in [2.24, 2.45) is 0 Å². The van der Waals surface area contributed by atoms with Crippen LogP contribution >= 0.6 is 0 Å². The van der Waals surface area contributed by atoms with Gasteiger partial charge in [-0.05, 0) is 25.1 Å². The van der Waals surface area contributed by atoms with Crippen LogP contribution in [0.15, 0.2) is 53.3 Å². The third kappa shape index (κ3) is 4.14. The van der Waals surface area contributed by atoms with Gasteiger partial charge in [0.2, 0.25) is 0 Å². The second-order valence-corrected chi connectivity index (χ2v) is 5.76. The number of nitrogens with one attached hydrogen (secondary N) is 2. The molecule has 0 atom stereocenters. The molecule has 0 aliphatic carbocycles. The number of nitrogens with zero attached hydrogens (tertiary/aromatic N) is 2. The molecule has 9 heteroatoms. The van der Waals surface area contributed by atoms with Crippen LogP contribution in [0.3, 0.4) is 0 Å². The number of halogens is 1. The van der Waals surface area contributed by atoms with Crippen molar-refractivity contribution in [3.8, 4) is 5.75 Å². The normalized spacial score (nSPS) is 10.5. The van der Waals surface area contributed by atoms with E-state index in [4.69, 9.17) is 4.74 Å². The van der Waals surface area contributed by atoms with Gasteiger partial charge in [-0.15, -0.1) is 0 Å². The molecular formula is C19H17FN4O4. The summed E-state index contributed by atoms with van der Waals surface area (Å²) in [7, 11) is 0. The molecule has 3 aromatic rings. The Hall–Kier alpha value is -3.75. The summed E-state index contributed by atoms with van der Waals surface area (Å²) < 4.78 is 19.4. The van der Waals surface area contributed by atoms with Crippen LogP contribution < -0.4 is 21.1 Å². The van der Waals surface area contributed by atoms with Crippen molar-refractivity contribution in [1.29, 1.82) is 0 Å². The van der Waals surface area contributed by atoms with E-state index in [-0.39, 0.29) is 23.5 Å². The quantitative estimate of drug-likeness (QED) is 0.648. The van der Waals surface area contributed by atoms with Gasteiger partial charge in [-0.1, -0.05) is 24.3 Å². The lowest BCUT2D eigenvalue weighted by molar-refractivity contribution is -0.123. The maximum Gasteiger partial charge on any atom is 0.290 e. The van der Waals surface area contributed by atoms with Gasteiger partial charge in [0, 0.05) is 18.0 Å². The Labute approximate surface area is 158 Å². The van der Waals surface area contributed by atoms with E-state index in [1.165, 1.54) is 22.9 Å². The fourth-order valence-electron chi connectivity index (χ4n) is 2.54. The zero-order valence-corrected chi connectivity index (χ0v) is 14.9. The molecule has 0 radical (unpaired) electrons. The highest BCUT2D eigenvalue weighted by molar-refractivity contribution is 6.05. The first-order valence-corrected chi connectivity index (χ1v) is 8.47. The van der Waals surface area contributed by atoms with Crippen LogP contribution in [0.1, 0.15) is 17.4 Å². The molecule has 0 saturated carbocycles. The maximum atomic E-state index is 13.1. The average molecular weight is 384 g/mol. The average Bonchev–Trinajstić information content (AvgIpc) is 2.71. The van der Waals surface area contributed by atoms with Gasteiger partial charge < -0.3 is 4.74 Å². The molecule has 8 nitrogen and oxygen atoms in total. The van der Waals surface area contributed by atoms with Gasteiger partial charge in [0.1, 0.15) is 11.6 Å². The highest BCUT2D eigenvalue weighted by atomic mass is 19.1. The number of hydrogen-bond acceptors (Lipinski definition) is 5. The Morgan fingerprint density at radius 2 is 1.86 bits per heavy atom. The van der Waals surface area contributed by atoms with Gasteiger partial charge in [0.25, 0.3) is 17.4 Å². The predicted molar refractivity (Wildman–Crippen MR) is 99.2 cm³/mol. The minimum Gasteiger partial charge on any atom is -0.484 e. The van der Waals surface area contributed by atoms with Gasteiger partial charge in [-0.25, -0.2) is 9.07 Å². The van der Waals surface area contributed by atoms with Crippen LogP contribution in [0.4, 0.5) is 4.39 Å². The molecule has 28 heavy (non-hydrogen) atoms. The zero-order valence-electron chi connectivity index (χ0n) is 14.9. The standard InChI is InChI=1S/C19H17FN4O4/c1-2-24-19(27)15-9-4-3-8-14(15)17(23-24)18(26)22-21-16(25)11-28-13-7-5-6-12(20)10-13/h3-10H,2,11H2,1H3,(H,21,25)(H,22,26). The maximum absolute atomic E-state index is 13.1. The van der Waals surface area contributed by atoms with Crippen LogP contribution in [0, 0.1) is 5.82 Å². The van der Waals surface area contributed by atoms with Gasteiger partial charge in [-0.2, -0.15) is 5.10 Å².